The van der Waals surface area contributed by atoms with Crippen LogP contribution in [0.2, 0.25) is 5.02 Å². The molecule has 1 aliphatic rings. The Bertz CT molecular complexity index is 1110. The van der Waals surface area contributed by atoms with E-state index in [1.54, 1.807) is 23.2 Å². The van der Waals surface area contributed by atoms with Crippen molar-refractivity contribution >= 4 is 34.4 Å². The maximum Gasteiger partial charge on any atom is 0.405 e. The van der Waals surface area contributed by atoms with Crippen LogP contribution in [0.5, 0.6) is 0 Å². The fraction of sp³-hybridized carbons (Fsp3) is 0.368. The second-order valence-electron chi connectivity index (χ2n) is 7.09. The van der Waals surface area contributed by atoms with Crippen molar-refractivity contribution in [1.82, 2.24) is 25.3 Å². The zero-order valence-corrected chi connectivity index (χ0v) is 17.0. The van der Waals surface area contributed by atoms with Crippen molar-refractivity contribution in [1.29, 1.82) is 0 Å². The van der Waals surface area contributed by atoms with Gasteiger partial charge < -0.3 is 19.9 Å². The number of H-pyrrole nitrogens is 1. The van der Waals surface area contributed by atoms with Crippen LogP contribution >= 0.6 is 11.6 Å². The number of amides is 1. The molecular weight excluding hydrogens is 437 g/mol. The Kier molecular flexibility index (Phi) is 5.71. The van der Waals surface area contributed by atoms with Crippen molar-refractivity contribution in [3.05, 3.63) is 35.7 Å². The number of hydrogen-bond acceptors (Lipinski definition) is 6. The number of nitrogens with one attached hydrogen (secondary N) is 2. The first-order valence-corrected chi connectivity index (χ1v) is 9.73. The number of methoxy groups -OCH3 is 1. The average Bonchev–Trinajstić information content (AvgIpc) is 3.35. The van der Waals surface area contributed by atoms with Gasteiger partial charge in [-0.15, -0.1) is 0 Å². The van der Waals surface area contributed by atoms with Gasteiger partial charge in [0.2, 0.25) is 5.91 Å². The van der Waals surface area contributed by atoms with E-state index in [1.807, 2.05) is 5.32 Å². The second-order valence-corrected chi connectivity index (χ2v) is 7.52. The molecule has 3 aromatic rings. The van der Waals surface area contributed by atoms with E-state index in [9.17, 15) is 18.0 Å². The molecule has 31 heavy (non-hydrogen) atoms. The quantitative estimate of drug-likeness (QED) is 0.615. The van der Waals surface area contributed by atoms with Crippen LogP contribution in [0.4, 0.5) is 19.0 Å². The van der Waals surface area contributed by atoms with Gasteiger partial charge in [-0.05, 0) is 12.1 Å². The van der Waals surface area contributed by atoms with Gasteiger partial charge in [0.1, 0.15) is 24.1 Å². The lowest BCUT2D eigenvalue weighted by Gasteiger charge is -2.25. The van der Waals surface area contributed by atoms with Gasteiger partial charge in [-0.3, -0.25) is 4.79 Å². The number of rotatable bonds is 5. The monoisotopic (exact) mass is 454 g/mol. The summed E-state index contributed by atoms with van der Waals surface area (Å²) in [7, 11) is 1.49. The third-order valence-electron chi connectivity index (χ3n) is 5.04. The number of nitrogens with zero attached hydrogens (tertiary/aromatic N) is 4. The topological polar surface area (TPSA) is 96.0 Å². The highest BCUT2D eigenvalue weighted by atomic mass is 35.5. The molecule has 0 aliphatic carbocycles. The van der Waals surface area contributed by atoms with Crippen LogP contribution in [0.25, 0.3) is 22.4 Å². The van der Waals surface area contributed by atoms with Crippen molar-refractivity contribution in [3.63, 3.8) is 0 Å². The number of pyridine rings is 1. The lowest BCUT2D eigenvalue weighted by atomic mass is 10.2. The first-order valence-electron chi connectivity index (χ1n) is 9.35. The summed E-state index contributed by atoms with van der Waals surface area (Å²) in [5.41, 5.74) is 1.27. The zero-order chi connectivity index (χ0) is 22.2. The van der Waals surface area contributed by atoms with E-state index < -0.39 is 24.7 Å². The Labute approximate surface area is 179 Å². The number of halogens is 4. The Balaban J connectivity index is 1.64. The Morgan fingerprint density at radius 3 is 2.97 bits per heavy atom. The number of alkyl halides is 3. The third-order valence-corrected chi connectivity index (χ3v) is 5.24. The molecule has 0 radical (unpaired) electrons. The third kappa shape index (κ3) is 4.57. The molecule has 1 fully saturated rings. The normalized spacial score (nSPS) is 19.2. The molecule has 8 nitrogen and oxygen atoms in total. The minimum atomic E-state index is -4.49. The van der Waals surface area contributed by atoms with E-state index in [2.05, 4.69) is 19.9 Å². The first-order chi connectivity index (χ1) is 14.7. The maximum atomic E-state index is 12.5. The lowest BCUT2D eigenvalue weighted by Crippen LogP contribution is -2.46. The number of fused-ring (bicyclic) bond motifs is 1. The Morgan fingerprint density at radius 2 is 2.23 bits per heavy atom. The van der Waals surface area contributed by atoms with Gasteiger partial charge >= 0.3 is 6.18 Å². The minimum Gasteiger partial charge on any atom is -0.380 e. The van der Waals surface area contributed by atoms with Gasteiger partial charge in [0, 0.05) is 49.6 Å². The minimum absolute atomic E-state index is 0.242. The number of carbonyl (C=O) groups excluding carboxylic acids is 1. The van der Waals surface area contributed by atoms with Gasteiger partial charge in [-0.25, -0.2) is 15.0 Å². The molecule has 3 aromatic heterocycles. The molecule has 1 saturated heterocycles. The summed E-state index contributed by atoms with van der Waals surface area (Å²) in [5, 5.41) is 3.12. The van der Waals surface area contributed by atoms with Crippen LogP contribution in [0.15, 0.2) is 30.7 Å². The summed E-state index contributed by atoms with van der Waals surface area (Å²) >= 11 is 6.05. The van der Waals surface area contributed by atoms with Crippen LogP contribution in [0.1, 0.15) is 6.42 Å². The van der Waals surface area contributed by atoms with Crippen molar-refractivity contribution in [2.24, 2.45) is 0 Å². The van der Waals surface area contributed by atoms with Crippen LogP contribution in [-0.2, 0) is 9.53 Å². The van der Waals surface area contributed by atoms with E-state index in [1.165, 1.54) is 19.5 Å². The standard InChI is InChI=1S/C19H18ClF3N6O2/c1-31-11-5-14(18(30)27-9-19(21,22)23)29(8-11)15-2-3-24-17(28-15)13-7-26-16-12(13)4-10(20)6-25-16/h2-4,6-7,11,14H,5,8-9H2,1H3,(H,25,26)(H,27,30)/t11-,14-/m1/s1. The number of carbonyl (C=O) groups is 1. The first kappa shape index (κ1) is 21.3. The lowest BCUT2D eigenvalue weighted by molar-refractivity contribution is -0.139. The molecule has 1 amide bonds. The van der Waals surface area contributed by atoms with Crippen molar-refractivity contribution in [3.8, 4) is 11.4 Å². The summed E-state index contributed by atoms with van der Waals surface area (Å²) in [5.74, 6) is 0.0318. The largest absolute Gasteiger partial charge is 0.405 e. The fourth-order valence-electron chi connectivity index (χ4n) is 3.58. The number of ether oxygens (including phenoxy) is 1. The molecule has 4 heterocycles. The summed E-state index contributed by atoms with van der Waals surface area (Å²) in [6, 6.07) is 2.48. The molecule has 0 unspecified atom stereocenters. The van der Waals surface area contributed by atoms with Gasteiger partial charge in [0.05, 0.1) is 11.1 Å². The van der Waals surface area contributed by atoms with E-state index in [-0.39, 0.29) is 12.5 Å². The predicted octanol–water partition coefficient (Wildman–Crippen LogP) is 2.95. The van der Waals surface area contributed by atoms with Crippen molar-refractivity contribution in [2.45, 2.75) is 24.7 Å². The molecule has 0 spiro atoms. The highest BCUT2D eigenvalue weighted by Gasteiger charge is 2.39. The van der Waals surface area contributed by atoms with E-state index >= 15 is 0 Å². The molecule has 1 aliphatic heterocycles. The second kappa shape index (κ2) is 8.31. The Morgan fingerprint density at radius 1 is 1.42 bits per heavy atom. The molecule has 0 bridgehead atoms. The molecular formula is C19H18ClF3N6O2. The molecule has 4 rings (SSSR count). The summed E-state index contributed by atoms with van der Waals surface area (Å²) in [6.07, 6.45) is 0.164. The zero-order valence-electron chi connectivity index (χ0n) is 16.3. The van der Waals surface area contributed by atoms with E-state index in [4.69, 9.17) is 16.3 Å². The number of anilines is 1. The maximum absolute atomic E-state index is 12.5. The summed E-state index contributed by atoms with van der Waals surface area (Å²) < 4.78 is 43.0. The smallest absolute Gasteiger partial charge is 0.380 e. The summed E-state index contributed by atoms with van der Waals surface area (Å²) in [6.45, 7) is -1.09. The molecule has 0 saturated carbocycles. The van der Waals surface area contributed by atoms with Crippen LogP contribution in [-0.4, -0.2) is 64.4 Å². The number of aromatic nitrogens is 4. The van der Waals surface area contributed by atoms with Crippen LogP contribution in [0, 0.1) is 0 Å². The molecule has 0 aromatic carbocycles. The van der Waals surface area contributed by atoms with E-state index in [0.29, 0.717) is 34.4 Å². The Hall–Kier alpha value is -2.92. The van der Waals surface area contributed by atoms with Crippen LogP contribution in [0.3, 0.4) is 0 Å². The molecule has 2 N–H and O–H groups in total. The highest BCUT2D eigenvalue weighted by molar-refractivity contribution is 6.31. The van der Waals surface area contributed by atoms with Gasteiger partial charge in [0.25, 0.3) is 0 Å². The van der Waals surface area contributed by atoms with Gasteiger partial charge in [-0.1, -0.05) is 11.6 Å². The number of aromatic amines is 1. The predicted molar refractivity (Wildman–Crippen MR) is 108 cm³/mol. The number of hydrogen-bond donors (Lipinski definition) is 2. The average molecular weight is 455 g/mol. The summed E-state index contributed by atoms with van der Waals surface area (Å²) in [4.78, 5) is 30.2. The van der Waals surface area contributed by atoms with Crippen molar-refractivity contribution < 1.29 is 22.7 Å². The van der Waals surface area contributed by atoms with Crippen molar-refractivity contribution in [2.75, 3.05) is 25.1 Å². The molecule has 12 heteroatoms. The highest BCUT2D eigenvalue weighted by Crippen LogP contribution is 2.30. The molecule has 2 atom stereocenters. The van der Waals surface area contributed by atoms with Gasteiger partial charge in [-0.2, -0.15) is 13.2 Å². The SMILES string of the molecule is CO[C@@H]1C[C@H](C(=O)NCC(F)(F)F)N(c2ccnc(-c3c[nH]c4ncc(Cl)cc34)n2)C1. The van der Waals surface area contributed by atoms with Crippen LogP contribution < -0.4 is 10.2 Å². The van der Waals surface area contributed by atoms with E-state index in [0.717, 1.165) is 5.39 Å². The molecule has 164 valence electrons. The fourth-order valence-corrected chi connectivity index (χ4v) is 3.73. The van der Waals surface area contributed by atoms with Gasteiger partial charge in [0.15, 0.2) is 5.82 Å².